The number of ether oxygens (including phenoxy) is 1. The highest BCUT2D eigenvalue weighted by molar-refractivity contribution is 5.82. The van der Waals surface area contributed by atoms with Gasteiger partial charge >= 0.3 is 0 Å². The second-order valence-electron chi connectivity index (χ2n) is 7.96. The van der Waals surface area contributed by atoms with Crippen LogP contribution in [0.3, 0.4) is 0 Å². The van der Waals surface area contributed by atoms with Gasteiger partial charge in [-0.15, -0.1) is 0 Å². The highest BCUT2D eigenvalue weighted by Crippen LogP contribution is 2.33. The number of amides is 1. The van der Waals surface area contributed by atoms with Gasteiger partial charge in [0.2, 0.25) is 5.91 Å². The molecule has 1 amide bonds. The molecule has 4 atom stereocenters. The van der Waals surface area contributed by atoms with Crippen LogP contribution in [0.5, 0.6) is 0 Å². The maximum atomic E-state index is 12.8. The lowest BCUT2D eigenvalue weighted by Gasteiger charge is -2.36. The molecule has 0 bridgehead atoms. The molecule has 4 aliphatic rings. The largest absolute Gasteiger partial charge is 0.381 e. The fraction of sp³-hybridized carbons (Fsp3) is 0.944. The Kier molecular flexibility index (Phi) is 4.88. The quantitative estimate of drug-likeness (QED) is 0.845. The van der Waals surface area contributed by atoms with Crippen LogP contribution in [0, 0.1) is 11.8 Å². The molecule has 23 heavy (non-hydrogen) atoms. The van der Waals surface area contributed by atoms with Crippen molar-refractivity contribution in [3.8, 4) is 0 Å². The zero-order chi connectivity index (χ0) is 15.6. The van der Waals surface area contributed by atoms with E-state index in [4.69, 9.17) is 4.74 Å². The number of hydrogen-bond donors (Lipinski definition) is 1. The summed E-state index contributed by atoms with van der Waals surface area (Å²) in [4.78, 5) is 17.4. The van der Waals surface area contributed by atoms with E-state index in [1.807, 2.05) is 0 Å². The van der Waals surface area contributed by atoms with E-state index in [1.54, 1.807) is 0 Å². The minimum atomic E-state index is 0.0953. The Morgan fingerprint density at radius 3 is 2.65 bits per heavy atom. The van der Waals surface area contributed by atoms with E-state index in [1.165, 1.54) is 32.1 Å². The fourth-order valence-electron chi connectivity index (χ4n) is 4.97. The lowest BCUT2D eigenvalue weighted by atomic mass is 9.85. The number of carbonyl (C=O) groups is 1. The van der Waals surface area contributed by atoms with Crippen LogP contribution in [-0.4, -0.2) is 73.7 Å². The molecule has 5 heteroatoms. The molecule has 1 N–H and O–H groups in total. The molecule has 1 saturated carbocycles. The Morgan fingerprint density at radius 1 is 1.09 bits per heavy atom. The summed E-state index contributed by atoms with van der Waals surface area (Å²) in [6, 6.07) is 0.708. The van der Waals surface area contributed by atoms with Crippen molar-refractivity contribution >= 4 is 5.91 Å². The SMILES string of the molecule is O=C([C@@H]1C[C@@H]2CCCC[C@H]2N1)N1CCN(C[C@H]2CCOC2)CC1. The van der Waals surface area contributed by atoms with E-state index in [0.717, 1.165) is 58.3 Å². The normalized spacial score (nSPS) is 38.7. The average Bonchev–Trinajstić information content (AvgIpc) is 3.24. The van der Waals surface area contributed by atoms with Crippen molar-refractivity contribution < 1.29 is 9.53 Å². The molecule has 0 spiro atoms. The van der Waals surface area contributed by atoms with Gasteiger partial charge in [-0.25, -0.2) is 0 Å². The van der Waals surface area contributed by atoms with Crippen molar-refractivity contribution in [2.75, 3.05) is 45.9 Å². The third-order valence-corrected chi connectivity index (χ3v) is 6.39. The summed E-state index contributed by atoms with van der Waals surface area (Å²) in [7, 11) is 0. The van der Waals surface area contributed by atoms with E-state index in [9.17, 15) is 4.79 Å². The van der Waals surface area contributed by atoms with Crippen LogP contribution >= 0.6 is 0 Å². The topological polar surface area (TPSA) is 44.8 Å². The van der Waals surface area contributed by atoms with Gasteiger partial charge < -0.3 is 15.0 Å². The highest BCUT2D eigenvalue weighted by atomic mass is 16.5. The molecule has 3 heterocycles. The van der Waals surface area contributed by atoms with Crippen LogP contribution in [0.15, 0.2) is 0 Å². The summed E-state index contributed by atoms with van der Waals surface area (Å²) in [6.07, 6.45) is 7.55. The first-order chi connectivity index (χ1) is 11.3. The predicted molar refractivity (Wildman–Crippen MR) is 89.2 cm³/mol. The first-order valence-corrected chi connectivity index (χ1v) is 9.64. The van der Waals surface area contributed by atoms with E-state index in [-0.39, 0.29) is 6.04 Å². The Labute approximate surface area is 139 Å². The van der Waals surface area contributed by atoms with E-state index >= 15 is 0 Å². The molecule has 1 aliphatic carbocycles. The molecule has 4 fully saturated rings. The molecule has 130 valence electrons. The zero-order valence-corrected chi connectivity index (χ0v) is 14.2. The van der Waals surface area contributed by atoms with Gasteiger partial charge in [-0.05, 0) is 37.5 Å². The van der Waals surface area contributed by atoms with Gasteiger partial charge in [0.25, 0.3) is 0 Å². The standard InChI is InChI=1S/C18H31N3O2/c22-18(17-11-15-3-1-2-4-16(15)19-17)21-8-6-20(7-9-21)12-14-5-10-23-13-14/h14-17,19H,1-13H2/t14-,15+,16-,17+/m1/s1. The first-order valence-electron chi connectivity index (χ1n) is 9.64. The molecular formula is C18H31N3O2. The number of rotatable bonds is 3. The van der Waals surface area contributed by atoms with Gasteiger partial charge in [-0.1, -0.05) is 12.8 Å². The third-order valence-electron chi connectivity index (χ3n) is 6.39. The smallest absolute Gasteiger partial charge is 0.239 e. The van der Waals surface area contributed by atoms with Crippen LogP contribution in [0.2, 0.25) is 0 Å². The maximum Gasteiger partial charge on any atom is 0.239 e. The Bertz CT molecular complexity index is 402. The van der Waals surface area contributed by atoms with E-state index < -0.39 is 0 Å². The Morgan fingerprint density at radius 2 is 1.91 bits per heavy atom. The van der Waals surface area contributed by atoms with Crippen molar-refractivity contribution in [2.45, 2.75) is 50.6 Å². The Balaban J connectivity index is 1.24. The van der Waals surface area contributed by atoms with Crippen LogP contribution < -0.4 is 5.32 Å². The van der Waals surface area contributed by atoms with E-state index in [2.05, 4.69) is 15.1 Å². The number of nitrogens with one attached hydrogen (secondary N) is 1. The summed E-state index contributed by atoms with van der Waals surface area (Å²) in [6.45, 7) is 6.87. The number of fused-ring (bicyclic) bond motifs is 1. The third kappa shape index (κ3) is 3.57. The molecule has 3 aliphatic heterocycles. The van der Waals surface area contributed by atoms with Gasteiger partial charge in [-0.2, -0.15) is 0 Å². The minimum absolute atomic E-state index is 0.0953. The fourth-order valence-corrected chi connectivity index (χ4v) is 4.97. The van der Waals surface area contributed by atoms with Crippen LogP contribution in [0.25, 0.3) is 0 Å². The van der Waals surface area contributed by atoms with Crippen LogP contribution in [0.1, 0.15) is 38.5 Å². The molecular weight excluding hydrogens is 290 g/mol. The van der Waals surface area contributed by atoms with Crippen molar-refractivity contribution in [3.05, 3.63) is 0 Å². The van der Waals surface area contributed by atoms with Gasteiger partial charge in [0.15, 0.2) is 0 Å². The van der Waals surface area contributed by atoms with Crippen molar-refractivity contribution in [3.63, 3.8) is 0 Å². The van der Waals surface area contributed by atoms with E-state index in [0.29, 0.717) is 17.9 Å². The Hall–Kier alpha value is -0.650. The maximum absolute atomic E-state index is 12.8. The van der Waals surface area contributed by atoms with Crippen molar-refractivity contribution in [1.82, 2.24) is 15.1 Å². The van der Waals surface area contributed by atoms with Gasteiger partial charge in [0, 0.05) is 45.4 Å². The van der Waals surface area contributed by atoms with Gasteiger partial charge in [0.05, 0.1) is 12.6 Å². The molecule has 3 saturated heterocycles. The number of hydrogen-bond acceptors (Lipinski definition) is 4. The average molecular weight is 321 g/mol. The highest BCUT2D eigenvalue weighted by Gasteiger charge is 2.40. The van der Waals surface area contributed by atoms with Gasteiger partial charge in [0.1, 0.15) is 0 Å². The summed E-state index contributed by atoms with van der Waals surface area (Å²) in [5.74, 6) is 1.82. The first kappa shape index (κ1) is 15.9. The second-order valence-corrected chi connectivity index (χ2v) is 7.96. The molecule has 4 rings (SSSR count). The van der Waals surface area contributed by atoms with Crippen LogP contribution in [-0.2, 0) is 9.53 Å². The summed E-state index contributed by atoms with van der Waals surface area (Å²) < 4.78 is 5.47. The van der Waals surface area contributed by atoms with Crippen LogP contribution in [0.4, 0.5) is 0 Å². The number of piperazine rings is 1. The number of carbonyl (C=O) groups excluding carboxylic acids is 1. The monoisotopic (exact) mass is 321 g/mol. The summed E-state index contributed by atoms with van der Waals surface area (Å²) >= 11 is 0. The molecule has 0 unspecified atom stereocenters. The lowest BCUT2D eigenvalue weighted by molar-refractivity contribution is -0.135. The molecule has 5 nitrogen and oxygen atoms in total. The molecule has 0 aromatic heterocycles. The van der Waals surface area contributed by atoms with Crippen molar-refractivity contribution in [1.29, 1.82) is 0 Å². The number of nitrogens with zero attached hydrogens (tertiary/aromatic N) is 2. The zero-order valence-electron chi connectivity index (χ0n) is 14.2. The summed E-state index contributed by atoms with van der Waals surface area (Å²) in [5, 5.41) is 3.64. The minimum Gasteiger partial charge on any atom is -0.381 e. The molecule has 0 radical (unpaired) electrons. The second kappa shape index (κ2) is 7.08. The molecule has 0 aromatic rings. The molecule has 0 aromatic carbocycles. The lowest BCUT2D eigenvalue weighted by Crippen LogP contribution is -2.54. The van der Waals surface area contributed by atoms with Gasteiger partial charge in [-0.3, -0.25) is 9.69 Å². The summed E-state index contributed by atoms with van der Waals surface area (Å²) in [5.41, 5.74) is 0. The predicted octanol–water partition coefficient (Wildman–Crippen LogP) is 1.09. The van der Waals surface area contributed by atoms with Crippen molar-refractivity contribution in [2.24, 2.45) is 11.8 Å².